The van der Waals surface area contributed by atoms with E-state index >= 15 is 0 Å². The van der Waals surface area contributed by atoms with E-state index in [4.69, 9.17) is 15.7 Å². The molecule has 49 heavy (non-hydrogen) atoms. The zero-order valence-electron chi connectivity index (χ0n) is 27.7. The van der Waals surface area contributed by atoms with Crippen LogP contribution in [-0.4, -0.2) is 25.2 Å². The fourth-order valence-corrected chi connectivity index (χ4v) is 9.08. The second-order valence-corrected chi connectivity index (χ2v) is 14.3. The van der Waals surface area contributed by atoms with E-state index in [2.05, 4.69) is 110 Å². The van der Waals surface area contributed by atoms with E-state index in [1.54, 1.807) is 6.33 Å². The maximum absolute atomic E-state index is 9.45. The van der Waals surface area contributed by atoms with Crippen molar-refractivity contribution in [2.45, 2.75) is 38.5 Å². The van der Waals surface area contributed by atoms with Gasteiger partial charge in [-0.25, -0.2) is 15.0 Å². The summed E-state index contributed by atoms with van der Waals surface area (Å²) in [5, 5.41) is 10.6. The third-order valence-corrected chi connectivity index (χ3v) is 11.1. The van der Waals surface area contributed by atoms with Crippen LogP contribution < -0.4 is 10.6 Å². The molecule has 7 aromatic rings. The Kier molecular flexibility index (Phi) is 5.31. The van der Waals surface area contributed by atoms with E-state index < -0.39 is 0 Å². The molecule has 0 atom stereocenters. The highest BCUT2D eigenvalue weighted by atomic mass is 15.3. The molecule has 7 heteroatoms. The monoisotopic (exact) mass is 635 g/mol. The first kappa shape index (κ1) is 28.0. The Morgan fingerprint density at radius 2 is 1.35 bits per heavy atom. The lowest BCUT2D eigenvalue weighted by molar-refractivity contribution is 0.659. The molecule has 0 unspecified atom stereocenters. The van der Waals surface area contributed by atoms with E-state index in [0.717, 1.165) is 44.6 Å². The maximum atomic E-state index is 9.45. The van der Waals surface area contributed by atoms with Gasteiger partial charge in [0.05, 0.1) is 34.3 Å². The number of fused-ring (bicyclic) bond motifs is 12. The number of anilines is 2. The third-order valence-electron chi connectivity index (χ3n) is 11.1. The standard InChI is InChI=1S/C42H33N7/c1-41(2)27-12-7-5-10-23(27)25-16-18-29-35(37(25)41)39(44)31(20-43)48(29)33-14-9-15-34(47-33)49-30-19-17-26-24-11-6-8-13-28(24)42(3,4)38(26)36(30)40-32(49)21-45-22-46-40/h5-22,44H,43H2,1-4H3/b31-20+,44-39?. The number of aromatic nitrogens is 4. The van der Waals surface area contributed by atoms with Crippen LogP contribution in [0.1, 0.15) is 55.5 Å². The van der Waals surface area contributed by atoms with Crippen molar-refractivity contribution in [3.8, 4) is 28.1 Å². The second kappa shape index (κ2) is 9.29. The molecule has 3 aromatic heterocycles. The van der Waals surface area contributed by atoms with Gasteiger partial charge in [0.25, 0.3) is 0 Å². The van der Waals surface area contributed by atoms with Crippen LogP contribution in [0.15, 0.2) is 115 Å². The molecule has 236 valence electrons. The summed E-state index contributed by atoms with van der Waals surface area (Å²) in [6.45, 7) is 9.10. The van der Waals surface area contributed by atoms with Gasteiger partial charge in [-0.1, -0.05) is 94.4 Å². The van der Waals surface area contributed by atoms with E-state index in [-0.39, 0.29) is 10.8 Å². The number of hydrogen-bond acceptors (Lipinski definition) is 6. The van der Waals surface area contributed by atoms with E-state index in [1.165, 1.54) is 45.1 Å². The molecule has 4 heterocycles. The second-order valence-electron chi connectivity index (χ2n) is 14.3. The van der Waals surface area contributed by atoms with Gasteiger partial charge >= 0.3 is 0 Å². The molecule has 0 saturated carbocycles. The first-order valence-electron chi connectivity index (χ1n) is 16.7. The molecule has 10 rings (SSSR count). The maximum Gasteiger partial charge on any atom is 0.140 e. The molecule has 0 saturated heterocycles. The average Bonchev–Trinajstić information content (AvgIpc) is 3.76. The average molecular weight is 636 g/mol. The normalized spacial score (nSPS) is 17.0. The summed E-state index contributed by atoms with van der Waals surface area (Å²) >= 11 is 0. The molecule has 3 N–H and O–H groups in total. The van der Waals surface area contributed by atoms with Crippen LogP contribution in [0, 0.1) is 5.41 Å². The number of hydrogen-bond donors (Lipinski definition) is 2. The minimum Gasteiger partial charge on any atom is -0.403 e. The Morgan fingerprint density at radius 1 is 0.694 bits per heavy atom. The number of benzene rings is 4. The van der Waals surface area contributed by atoms with Crippen LogP contribution in [0.25, 0.3) is 50.0 Å². The summed E-state index contributed by atoms with van der Waals surface area (Å²) in [5.74, 6) is 1.43. The smallest absolute Gasteiger partial charge is 0.140 e. The molecule has 0 fully saturated rings. The fraction of sp³-hybridized carbons (Fsp3) is 0.143. The number of rotatable bonds is 2. The molecule has 0 amide bonds. The van der Waals surface area contributed by atoms with Crippen LogP contribution in [0.3, 0.4) is 0 Å². The van der Waals surface area contributed by atoms with Gasteiger partial charge in [-0.3, -0.25) is 14.9 Å². The zero-order chi connectivity index (χ0) is 33.4. The number of pyridine rings is 1. The summed E-state index contributed by atoms with van der Waals surface area (Å²) in [4.78, 5) is 16.7. The Bertz CT molecular complexity index is 2660. The van der Waals surface area contributed by atoms with Gasteiger partial charge in [0.1, 0.15) is 23.5 Å². The Hall–Kier alpha value is -6.08. The van der Waals surface area contributed by atoms with Crippen molar-refractivity contribution < 1.29 is 0 Å². The van der Waals surface area contributed by atoms with E-state index in [1.807, 2.05) is 29.3 Å². The highest BCUT2D eigenvalue weighted by Crippen LogP contribution is 2.55. The first-order valence-corrected chi connectivity index (χ1v) is 16.7. The fourth-order valence-electron chi connectivity index (χ4n) is 9.08. The van der Waals surface area contributed by atoms with Crippen LogP contribution in [0.4, 0.5) is 11.5 Å². The van der Waals surface area contributed by atoms with Gasteiger partial charge in [-0.2, -0.15) is 0 Å². The summed E-state index contributed by atoms with van der Waals surface area (Å²) < 4.78 is 2.17. The Labute approximate surface area is 283 Å². The predicted octanol–water partition coefficient (Wildman–Crippen LogP) is 8.90. The minimum absolute atomic E-state index is 0.209. The molecule has 0 bridgehead atoms. The Balaban J connectivity index is 1.19. The van der Waals surface area contributed by atoms with E-state index in [0.29, 0.717) is 17.2 Å². The SMILES string of the molecule is CC1(C)c2ccccc2-c2ccc3c(c21)C(=N)/C(=C\N)N3c1cccc(-n2c3cncnc3c3c4c(ccc32)-c2ccccc2C4(C)C)n1. The number of nitrogens with two attached hydrogens (primary N) is 1. The highest BCUT2D eigenvalue weighted by Gasteiger charge is 2.44. The molecular formula is C42H33N7. The summed E-state index contributed by atoms with van der Waals surface area (Å²) in [7, 11) is 0. The zero-order valence-corrected chi connectivity index (χ0v) is 27.7. The number of nitrogens with one attached hydrogen (secondary N) is 1. The van der Waals surface area contributed by atoms with Gasteiger partial charge in [-0.05, 0) is 68.8 Å². The first-order chi connectivity index (χ1) is 23.7. The van der Waals surface area contributed by atoms with Crippen LogP contribution >= 0.6 is 0 Å². The topological polar surface area (TPSA) is 96.7 Å². The molecular weight excluding hydrogens is 603 g/mol. The molecule has 7 nitrogen and oxygen atoms in total. The van der Waals surface area contributed by atoms with Gasteiger partial charge in [0, 0.05) is 28.0 Å². The van der Waals surface area contributed by atoms with Gasteiger partial charge in [0.15, 0.2) is 0 Å². The van der Waals surface area contributed by atoms with Crippen molar-refractivity contribution in [3.63, 3.8) is 0 Å². The summed E-state index contributed by atoms with van der Waals surface area (Å²) in [6, 6.07) is 32.0. The van der Waals surface area contributed by atoms with Crippen LogP contribution in [0.5, 0.6) is 0 Å². The van der Waals surface area contributed by atoms with Crippen molar-refractivity contribution in [1.29, 1.82) is 5.41 Å². The molecule has 1 aliphatic heterocycles. The van der Waals surface area contributed by atoms with Gasteiger partial charge < -0.3 is 5.73 Å². The van der Waals surface area contributed by atoms with Crippen LogP contribution in [0.2, 0.25) is 0 Å². The lowest BCUT2D eigenvalue weighted by atomic mass is 9.79. The van der Waals surface area contributed by atoms with Crippen molar-refractivity contribution >= 4 is 39.2 Å². The minimum atomic E-state index is -0.273. The molecule has 4 aromatic carbocycles. The van der Waals surface area contributed by atoms with Crippen molar-refractivity contribution in [2.75, 3.05) is 4.90 Å². The van der Waals surface area contributed by atoms with E-state index in [9.17, 15) is 5.41 Å². The van der Waals surface area contributed by atoms with Crippen LogP contribution in [-0.2, 0) is 10.8 Å². The van der Waals surface area contributed by atoms with Gasteiger partial charge in [0.2, 0.25) is 0 Å². The molecule has 3 aliphatic rings. The number of allylic oxidation sites excluding steroid dienone is 1. The van der Waals surface area contributed by atoms with Gasteiger partial charge in [-0.15, -0.1) is 0 Å². The number of nitrogens with zero attached hydrogens (tertiary/aromatic N) is 5. The van der Waals surface area contributed by atoms with Crippen molar-refractivity contribution in [3.05, 3.63) is 143 Å². The lowest BCUT2D eigenvalue weighted by Crippen LogP contribution is -2.19. The quantitative estimate of drug-likeness (QED) is 0.198. The summed E-state index contributed by atoms with van der Waals surface area (Å²) in [6.07, 6.45) is 5.05. The summed E-state index contributed by atoms with van der Waals surface area (Å²) in [5.41, 5.74) is 21.5. The molecule has 0 radical (unpaired) electrons. The largest absolute Gasteiger partial charge is 0.403 e. The lowest BCUT2D eigenvalue weighted by Gasteiger charge is -2.24. The third kappa shape index (κ3) is 3.36. The molecule has 2 aliphatic carbocycles. The predicted molar refractivity (Wildman–Crippen MR) is 197 cm³/mol. The molecule has 0 spiro atoms. The van der Waals surface area contributed by atoms with Crippen molar-refractivity contribution in [1.82, 2.24) is 19.5 Å². The Morgan fingerprint density at radius 3 is 2.08 bits per heavy atom. The highest BCUT2D eigenvalue weighted by molar-refractivity contribution is 6.24. The van der Waals surface area contributed by atoms with Crippen molar-refractivity contribution in [2.24, 2.45) is 5.73 Å².